The van der Waals surface area contributed by atoms with Crippen molar-refractivity contribution in [1.29, 1.82) is 0 Å². The number of aliphatic hydroxyl groups excluding tert-OH is 3. The third-order valence-corrected chi connectivity index (χ3v) is 20.0. The first-order chi connectivity index (χ1) is 56.1. The number of ketones is 2. The van der Waals surface area contributed by atoms with E-state index in [4.69, 9.17) is 73.2 Å². The van der Waals surface area contributed by atoms with Crippen LogP contribution in [0.15, 0.2) is 121 Å². The van der Waals surface area contributed by atoms with Crippen molar-refractivity contribution in [3.8, 4) is 0 Å². The molecule has 1 amide bonds. The molecule has 3 radical (unpaired) electrons. The Hall–Kier alpha value is -4.49. The van der Waals surface area contributed by atoms with Gasteiger partial charge in [0.1, 0.15) is 18.8 Å². The van der Waals surface area contributed by atoms with Gasteiger partial charge in [-0.05, 0) is 141 Å². The third-order valence-electron chi connectivity index (χ3n) is 18.0. The van der Waals surface area contributed by atoms with E-state index in [0.717, 1.165) is 58.8 Å². The van der Waals surface area contributed by atoms with Crippen LogP contribution >= 0.6 is 47.8 Å². The van der Waals surface area contributed by atoms with Crippen LogP contribution in [-0.4, -0.2) is 254 Å². The van der Waals surface area contributed by atoms with Crippen molar-refractivity contribution in [2.75, 3.05) is 89.8 Å². The summed E-state index contributed by atoms with van der Waals surface area (Å²) in [6.07, 6.45) is 0.227. The Labute approximate surface area is 774 Å². The van der Waals surface area contributed by atoms with E-state index in [1.165, 1.54) is 30.5 Å². The van der Waals surface area contributed by atoms with Crippen LogP contribution in [0.1, 0.15) is 168 Å². The molecule has 0 aromatic heterocycles. The summed E-state index contributed by atoms with van der Waals surface area (Å²) in [4.78, 5) is 82.0. The summed E-state index contributed by atoms with van der Waals surface area (Å²) < 4.78 is 63.8. The van der Waals surface area contributed by atoms with Gasteiger partial charge in [0, 0.05) is 90.6 Å². The van der Waals surface area contributed by atoms with Gasteiger partial charge in [0.25, 0.3) is 0 Å². The Morgan fingerprint density at radius 3 is 1.14 bits per heavy atom. The monoisotopic (exact) mass is 1930 g/mol. The topological polar surface area (TPSA) is 387 Å². The molecule has 122 heavy (non-hydrogen) atoms. The Bertz CT molecular complexity index is 3300. The SMILES string of the molecule is C.C.CC(=O)OOC(C)=O.CC(=O)[C@H]1COC(C)(C)O1.CC(NCc1ccccc1)[C@H]1COC(C)(C)O1.CC(NCc1ccccc1)[C@H]1COC(C)(C)O1.CC([C@H]1COC(C)(C)O1)N(Cc1ccccc1)C(=O)CBr.CC1CC(=O)CO[C@@H]1CO.CC1NCCO[C@@H]1CO.CC1NCCO[C@@H]1CO.NCc1ccccc1.O=C(Br)CBr.[B-]OC(C)=O.[Na+]. The fourth-order valence-electron chi connectivity index (χ4n) is 11.1. The molecule has 7 aliphatic rings. The largest absolute Gasteiger partial charge is 1.00 e. The summed E-state index contributed by atoms with van der Waals surface area (Å²) in [5.74, 6) is -3.37. The molecule has 0 bridgehead atoms. The number of Topliss-reactive ketones (excluding diaryl/α,β-unsaturated/α-hetero) is 2. The fourth-order valence-corrected chi connectivity index (χ4v) is 11.5. The summed E-state index contributed by atoms with van der Waals surface area (Å²) in [6.45, 7) is 41.3. The molecular formula is C87H142BBr3N6NaO24. The van der Waals surface area contributed by atoms with Crippen LogP contribution in [0.2, 0.25) is 0 Å². The number of nitrogens with two attached hydrogens (primary N) is 1. The molecule has 35 heteroatoms. The number of nitrogens with zero attached hydrogens (tertiary/aromatic N) is 1. The summed E-state index contributed by atoms with van der Waals surface area (Å²) >= 11 is 8.87. The zero-order valence-corrected chi connectivity index (χ0v) is 80.4. The number of rotatable bonds is 19. The summed E-state index contributed by atoms with van der Waals surface area (Å²) in [5.41, 5.74) is 10.2. The van der Waals surface area contributed by atoms with Gasteiger partial charge in [-0.15, -0.1) is 0 Å². The molecule has 0 saturated carbocycles. The predicted octanol–water partition coefficient (Wildman–Crippen LogP) is 7.38. The van der Waals surface area contributed by atoms with Crippen molar-refractivity contribution in [3.05, 3.63) is 144 Å². The predicted molar refractivity (Wildman–Crippen MR) is 477 cm³/mol. The number of hydrogen-bond acceptors (Lipinski definition) is 29. The zero-order chi connectivity index (χ0) is 89.7. The van der Waals surface area contributed by atoms with Crippen LogP contribution < -0.4 is 56.6 Å². The maximum Gasteiger partial charge on any atom is 1.00 e. The average molecular weight is 1930 g/mol. The van der Waals surface area contributed by atoms with Crippen molar-refractivity contribution in [2.24, 2.45) is 11.7 Å². The minimum absolute atomic E-state index is 0. The van der Waals surface area contributed by atoms with E-state index in [1.807, 2.05) is 147 Å². The number of alkyl halides is 2. The van der Waals surface area contributed by atoms with Crippen molar-refractivity contribution >= 4 is 95.9 Å². The molecule has 11 rings (SSSR count). The molecule has 13 atom stereocenters. The number of benzene rings is 4. The van der Waals surface area contributed by atoms with Gasteiger partial charge < -0.3 is 112 Å². The number of morpholine rings is 2. The molecule has 4 aromatic carbocycles. The summed E-state index contributed by atoms with van der Waals surface area (Å²) in [6, 6.07) is 41.9. The maximum absolute atomic E-state index is 12.3. The van der Waals surface area contributed by atoms with Crippen molar-refractivity contribution in [1.82, 2.24) is 26.2 Å². The van der Waals surface area contributed by atoms with E-state index >= 15 is 0 Å². The van der Waals surface area contributed by atoms with E-state index in [-0.39, 0.29) is 160 Å². The molecule has 30 nitrogen and oxygen atoms in total. The second-order valence-electron chi connectivity index (χ2n) is 30.1. The van der Waals surface area contributed by atoms with Gasteiger partial charge in [-0.2, -0.15) is 0 Å². The molecule has 9 N–H and O–H groups in total. The number of amides is 1. The van der Waals surface area contributed by atoms with Crippen LogP contribution in [0.3, 0.4) is 0 Å². The Balaban J connectivity index is -0.00000131. The summed E-state index contributed by atoms with van der Waals surface area (Å²) in [7, 11) is 4.32. The summed E-state index contributed by atoms with van der Waals surface area (Å²) in [5, 5.41) is 40.1. The van der Waals surface area contributed by atoms with E-state index < -0.39 is 41.1 Å². The van der Waals surface area contributed by atoms with Crippen LogP contribution in [0.5, 0.6) is 0 Å². The number of nitrogens with one attached hydrogen (secondary N) is 4. The number of ether oxygens (including phenoxy) is 11. The molecule has 0 aliphatic carbocycles. The fraction of sp³-hybridized carbons (Fsp3) is 0.644. The number of carbonyl (C=O) groups is 7. The molecule has 689 valence electrons. The van der Waals surface area contributed by atoms with Crippen LogP contribution in [0, 0.1) is 5.92 Å². The number of aliphatic hydroxyl groups is 3. The zero-order valence-electron chi connectivity index (χ0n) is 73.6. The van der Waals surface area contributed by atoms with Crippen LogP contribution in [-0.2, 0) is 126 Å². The van der Waals surface area contributed by atoms with Crippen molar-refractivity contribution in [3.63, 3.8) is 0 Å². The quantitative estimate of drug-likeness (QED) is 0.0149. The van der Waals surface area contributed by atoms with Gasteiger partial charge in [0.2, 0.25) is 16.6 Å². The second kappa shape index (κ2) is 67.7. The van der Waals surface area contributed by atoms with Gasteiger partial charge in [-0.3, -0.25) is 24.0 Å². The molecule has 4 aromatic rings. The standard InChI is InChI=1S/C16H22BrNO3.2C14H21NO2.C7H9N.2C7H12O3.2C6H13NO2.C4H6O4.C2H3BO2.C2H2Br2O.2CH4.Na/c1-12(14-11-20-16(2,3)21-14)18(15(19)9-17)10-13-7-5-4-6-8-13;2*1-11(13-10-16-14(2,3)17-13)15-9-12-7-5-4-6-8-12;8-6-7-4-2-1-3-5-7;1-5(8)6-4-9-7(2,3)10-6;1-5-2-6(9)4-10-7(5)3-8;2*1-5-6(4-8)9-3-2-7-5;1-3(5)7-8-4(2)6;1-2(4)5-3;3-1-2(4)5;;;/h4-8,12,14H,9-11H2,1-3H3;2*4-8,11,13,15H,9-10H2,1-3H3;1-5H,6,8H2;6H,4H2,1-3H3;5,7-8H,2-4H2,1H3;2*5-8H,2-4H2,1H3;1-2H3;1H3;1H2;2*1H4;/q;;;;;;;;;-1;;;;+1/t12?,14-;2*11?,13-;;6-;5?,7-;2*5?,6-;;;;;;/m111.1111....../s1. The van der Waals surface area contributed by atoms with Gasteiger partial charge in [0.15, 0.2) is 34.7 Å². The maximum atomic E-state index is 12.3. The average Bonchev–Trinajstić information content (AvgIpc) is 1.62. The van der Waals surface area contributed by atoms with E-state index in [0.29, 0.717) is 68.7 Å². The van der Waals surface area contributed by atoms with Gasteiger partial charge in [0.05, 0.1) is 107 Å². The minimum atomic E-state index is -0.639. The normalized spacial score (nSPS) is 23.1. The molecule has 6 unspecified atom stereocenters. The molecule has 0 spiro atoms. The molecule has 7 saturated heterocycles. The van der Waals surface area contributed by atoms with E-state index in [1.54, 1.807) is 13.8 Å². The van der Waals surface area contributed by atoms with Crippen molar-refractivity contribution in [2.45, 2.75) is 268 Å². The molecule has 7 fully saturated rings. The van der Waals surface area contributed by atoms with E-state index in [9.17, 15) is 33.6 Å². The first-order valence-electron chi connectivity index (χ1n) is 39.7. The molecular weight excluding hydrogens is 1790 g/mol. The Morgan fingerprint density at radius 2 is 0.885 bits per heavy atom. The number of halogens is 3. The van der Waals surface area contributed by atoms with E-state index in [2.05, 4.69) is 154 Å². The van der Waals surface area contributed by atoms with Gasteiger partial charge in [-0.1, -0.05) is 175 Å². The van der Waals surface area contributed by atoms with Gasteiger partial charge in [-0.25, -0.2) is 19.4 Å². The Kier molecular flexibility index (Phi) is 67.5. The Morgan fingerprint density at radius 1 is 0.541 bits per heavy atom. The van der Waals surface area contributed by atoms with Gasteiger partial charge >= 0.3 is 41.5 Å². The first-order valence-corrected chi connectivity index (χ1v) is 42.7. The number of hydrogen-bond donors (Lipinski definition) is 8. The molecule has 7 aliphatic heterocycles. The third kappa shape index (κ3) is 56.7. The number of carbonyl (C=O) groups excluding carboxylic acids is 7. The first kappa shape index (κ1) is 122. The smallest absolute Gasteiger partial charge is 0.793 e. The molecule has 7 heterocycles. The van der Waals surface area contributed by atoms with Crippen molar-refractivity contribution < 1.29 is 145 Å². The minimum Gasteiger partial charge on any atom is -0.793 e. The van der Waals surface area contributed by atoms with Crippen LogP contribution in [0.4, 0.5) is 0 Å². The second-order valence-corrected chi connectivity index (χ2v) is 32.1. The van der Waals surface area contributed by atoms with Crippen LogP contribution in [0.25, 0.3) is 0 Å².